The first-order valence-electron chi connectivity index (χ1n) is 7.30. The fraction of sp³-hybridized carbons (Fsp3) is 0.412. The van der Waals surface area contributed by atoms with Gasteiger partial charge in [-0.25, -0.2) is 0 Å². The van der Waals surface area contributed by atoms with E-state index in [4.69, 9.17) is 9.47 Å². The van der Waals surface area contributed by atoms with Crippen molar-refractivity contribution in [3.05, 3.63) is 45.6 Å². The van der Waals surface area contributed by atoms with E-state index < -0.39 is 0 Å². The molecule has 1 aromatic carbocycles. The molecule has 1 unspecified atom stereocenters. The third kappa shape index (κ3) is 1.97. The molecule has 21 heavy (non-hydrogen) atoms. The number of hydrogen-bond acceptors (Lipinski definition) is 4. The van der Waals surface area contributed by atoms with E-state index in [0.717, 1.165) is 18.0 Å². The van der Waals surface area contributed by atoms with Crippen molar-refractivity contribution >= 4 is 11.3 Å². The zero-order valence-corrected chi connectivity index (χ0v) is 13.1. The quantitative estimate of drug-likeness (QED) is 0.941. The van der Waals surface area contributed by atoms with E-state index in [1.54, 1.807) is 25.6 Å². The van der Waals surface area contributed by atoms with E-state index in [2.05, 4.69) is 35.0 Å². The van der Waals surface area contributed by atoms with Crippen LogP contribution < -0.4 is 14.8 Å². The SMILES string of the molecule is COc1cc2c(cc1OC)C1(CC1)CNC2c1cccs1. The topological polar surface area (TPSA) is 30.5 Å². The van der Waals surface area contributed by atoms with Crippen molar-refractivity contribution < 1.29 is 9.47 Å². The highest BCUT2D eigenvalue weighted by molar-refractivity contribution is 7.10. The average molecular weight is 301 g/mol. The zero-order chi connectivity index (χ0) is 14.4. The normalized spacial score (nSPS) is 21.9. The molecule has 4 heteroatoms. The van der Waals surface area contributed by atoms with Crippen LogP contribution in [-0.4, -0.2) is 20.8 Å². The summed E-state index contributed by atoms with van der Waals surface area (Å²) in [5, 5.41) is 5.87. The highest BCUT2D eigenvalue weighted by Gasteiger charge is 2.49. The van der Waals surface area contributed by atoms with Gasteiger partial charge in [-0.05, 0) is 47.5 Å². The number of rotatable bonds is 3. The van der Waals surface area contributed by atoms with Crippen LogP contribution in [0.4, 0.5) is 0 Å². The summed E-state index contributed by atoms with van der Waals surface area (Å²) in [6.07, 6.45) is 2.53. The summed E-state index contributed by atoms with van der Waals surface area (Å²) >= 11 is 1.80. The number of benzene rings is 1. The van der Waals surface area contributed by atoms with E-state index >= 15 is 0 Å². The maximum Gasteiger partial charge on any atom is 0.161 e. The van der Waals surface area contributed by atoms with Gasteiger partial charge in [0.15, 0.2) is 11.5 Å². The average Bonchev–Trinajstić information content (AvgIpc) is 3.09. The van der Waals surface area contributed by atoms with Crippen LogP contribution in [0.15, 0.2) is 29.6 Å². The van der Waals surface area contributed by atoms with Gasteiger partial charge in [0.2, 0.25) is 0 Å². The first kappa shape index (κ1) is 13.2. The smallest absolute Gasteiger partial charge is 0.161 e. The maximum absolute atomic E-state index is 5.51. The molecule has 0 saturated heterocycles. The monoisotopic (exact) mass is 301 g/mol. The second kappa shape index (κ2) is 4.75. The molecule has 1 aliphatic heterocycles. The van der Waals surface area contributed by atoms with Crippen molar-refractivity contribution in [1.82, 2.24) is 5.32 Å². The molecule has 1 aromatic heterocycles. The summed E-state index contributed by atoms with van der Waals surface area (Å²) in [4.78, 5) is 1.36. The lowest BCUT2D eigenvalue weighted by Gasteiger charge is -2.33. The number of ether oxygens (including phenoxy) is 2. The molecular formula is C17H19NO2S. The van der Waals surface area contributed by atoms with Gasteiger partial charge in [0.1, 0.15) is 0 Å². The van der Waals surface area contributed by atoms with Gasteiger partial charge in [0.05, 0.1) is 20.3 Å². The van der Waals surface area contributed by atoms with Gasteiger partial charge in [-0.2, -0.15) is 0 Å². The van der Waals surface area contributed by atoms with Gasteiger partial charge in [-0.1, -0.05) is 6.07 Å². The number of thiophene rings is 1. The molecule has 0 radical (unpaired) electrons. The minimum atomic E-state index is 0.269. The number of methoxy groups -OCH3 is 2. The lowest BCUT2D eigenvalue weighted by molar-refractivity contribution is 0.351. The van der Waals surface area contributed by atoms with Crippen LogP contribution in [0.3, 0.4) is 0 Å². The van der Waals surface area contributed by atoms with Crippen molar-refractivity contribution in [2.45, 2.75) is 24.3 Å². The predicted octanol–water partition coefficient (Wildman–Crippen LogP) is 3.49. The first-order valence-corrected chi connectivity index (χ1v) is 8.18. The minimum Gasteiger partial charge on any atom is -0.493 e. The molecule has 2 aromatic rings. The van der Waals surface area contributed by atoms with Crippen molar-refractivity contribution in [2.24, 2.45) is 0 Å². The Kier molecular flexibility index (Phi) is 2.98. The second-order valence-corrected chi connectivity index (χ2v) is 6.88. The van der Waals surface area contributed by atoms with E-state index in [1.807, 2.05) is 0 Å². The summed E-state index contributed by atoms with van der Waals surface area (Å²) in [5.41, 5.74) is 3.11. The largest absolute Gasteiger partial charge is 0.493 e. The highest BCUT2D eigenvalue weighted by Crippen LogP contribution is 2.55. The molecule has 1 saturated carbocycles. The zero-order valence-electron chi connectivity index (χ0n) is 12.3. The Bertz CT molecular complexity index is 662. The van der Waals surface area contributed by atoms with Crippen LogP contribution in [0.5, 0.6) is 11.5 Å². The van der Waals surface area contributed by atoms with E-state index in [-0.39, 0.29) is 6.04 Å². The number of hydrogen-bond donors (Lipinski definition) is 1. The molecule has 0 bridgehead atoms. The summed E-state index contributed by atoms with van der Waals surface area (Å²) in [6.45, 7) is 1.05. The fourth-order valence-corrected chi connectivity index (χ4v) is 4.22. The van der Waals surface area contributed by atoms with Gasteiger partial charge in [0.25, 0.3) is 0 Å². The van der Waals surface area contributed by atoms with Crippen LogP contribution in [-0.2, 0) is 5.41 Å². The summed E-state index contributed by atoms with van der Waals surface area (Å²) in [7, 11) is 3.41. The molecule has 1 N–H and O–H groups in total. The van der Waals surface area contributed by atoms with Gasteiger partial charge < -0.3 is 14.8 Å². The van der Waals surface area contributed by atoms with Crippen LogP contribution in [0.25, 0.3) is 0 Å². The second-order valence-electron chi connectivity index (χ2n) is 5.90. The molecule has 1 aliphatic carbocycles. The van der Waals surface area contributed by atoms with Crippen molar-refractivity contribution in [1.29, 1.82) is 0 Å². The minimum absolute atomic E-state index is 0.269. The van der Waals surface area contributed by atoms with Crippen molar-refractivity contribution in [3.63, 3.8) is 0 Å². The molecule has 1 fully saturated rings. The molecule has 0 amide bonds. The van der Waals surface area contributed by atoms with Crippen molar-refractivity contribution in [2.75, 3.05) is 20.8 Å². The van der Waals surface area contributed by atoms with Crippen LogP contribution >= 0.6 is 11.3 Å². The third-order valence-corrected chi connectivity index (χ3v) is 5.70. The number of nitrogens with one attached hydrogen (secondary N) is 1. The highest BCUT2D eigenvalue weighted by atomic mass is 32.1. The Balaban J connectivity index is 1.88. The van der Waals surface area contributed by atoms with E-state index in [1.165, 1.54) is 28.8 Å². The standard InChI is InChI=1S/C17H19NO2S/c1-19-13-8-11-12(9-14(13)20-2)17(5-6-17)10-18-16(11)15-4-3-7-21-15/h3-4,7-9,16,18H,5-6,10H2,1-2H3. The van der Waals surface area contributed by atoms with Crippen LogP contribution in [0.1, 0.15) is 34.9 Å². The summed E-state index contributed by atoms with van der Waals surface area (Å²) < 4.78 is 11.0. The molecule has 2 aliphatic rings. The molecular weight excluding hydrogens is 282 g/mol. The number of fused-ring (bicyclic) bond motifs is 2. The van der Waals surface area contributed by atoms with Gasteiger partial charge in [0, 0.05) is 16.8 Å². The van der Waals surface area contributed by atoms with Gasteiger partial charge in [-0.15, -0.1) is 11.3 Å². The van der Waals surface area contributed by atoms with E-state index in [0.29, 0.717) is 5.41 Å². The van der Waals surface area contributed by atoms with Crippen molar-refractivity contribution in [3.8, 4) is 11.5 Å². The Morgan fingerprint density at radius 1 is 1.19 bits per heavy atom. The molecule has 110 valence electrons. The Morgan fingerprint density at radius 3 is 2.57 bits per heavy atom. The lowest BCUT2D eigenvalue weighted by Crippen LogP contribution is -2.37. The summed E-state index contributed by atoms with van der Waals surface area (Å²) in [5.74, 6) is 1.66. The third-order valence-electron chi connectivity index (χ3n) is 4.76. The Morgan fingerprint density at radius 2 is 1.95 bits per heavy atom. The molecule has 2 heterocycles. The van der Waals surface area contributed by atoms with Crippen LogP contribution in [0, 0.1) is 0 Å². The van der Waals surface area contributed by atoms with E-state index in [9.17, 15) is 0 Å². The Hall–Kier alpha value is -1.52. The first-order chi connectivity index (χ1) is 10.3. The lowest BCUT2D eigenvalue weighted by atomic mass is 9.83. The van der Waals surface area contributed by atoms with Gasteiger partial charge >= 0.3 is 0 Å². The molecule has 3 nitrogen and oxygen atoms in total. The van der Waals surface area contributed by atoms with Gasteiger partial charge in [-0.3, -0.25) is 0 Å². The fourth-order valence-electron chi connectivity index (χ4n) is 3.40. The predicted molar refractivity (Wildman–Crippen MR) is 84.6 cm³/mol. The van der Waals surface area contributed by atoms with Crippen LogP contribution in [0.2, 0.25) is 0 Å². The maximum atomic E-state index is 5.51. The Labute approximate surface area is 128 Å². The molecule has 1 spiro atoms. The molecule has 1 atom stereocenters. The summed E-state index contributed by atoms with van der Waals surface area (Å²) in [6, 6.07) is 8.94. The molecule has 4 rings (SSSR count).